The number of hydrogen-bond acceptors (Lipinski definition) is 3. The third-order valence-electron chi connectivity index (χ3n) is 2.10. The summed E-state index contributed by atoms with van der Waals surface area (Å²) in [5, 5.41) is 9.38. The van der Waals surface area contributed by atoms with Gasteiger partial charge in [-0.1, -0.05) is 49.9 Å². The lowest BCUT2D eigenvalue weighted by molar-refractivity contribution is 0.0998. The lowest BCUT2D eigenvalue weighted by Crippen LogP contribution is -2.29. The molecule has 0 saturated carbocycles. The smallest absolute Gasteiger partial charge is 0.402 e. The average Bonchev–Trinajstić information content (AvgIpc) is 2.23. The van der Waals surface area contributed by atoms with Crippen LogP contribution in [0.5, 0.6) is 0 Å². The molecule has 0 aliphatic carbocycles. The Balaban J connectivity index is 3.58. The van der Waals surface area contributed by atoms with Gasteiger partial charge in [0.15, 0.2) is 0 Å². The van der Waals surface area contributed by atoms with Crippen molar-refractivity contribution >= 4 is 30.5 Å². The van der Waals surface area contributed by atoms with Crippen LogP contribution in [0.2, 0.25) is 0 Å². The molecule has 6 heteroatoms. The highest BCUT2D eigenvalue weighted by atomic mass is 35.5. The topological polar surface area (TPSA) is 38.7 Å². The minimum absolute atomic E-state index is 0.523. The third-order valence-corrected chi connectivity index (χ3v) is 2.74. The quantitative estimate of drug-likeness (QED) is 0.488. The van der Waals surface area contributed by atoms with E-state index in [1.807, 2.05) is 0 Å². The minimum Gasteiger partial charge on any atom is -0.402 e. The Morgan fingerprint density at radius 3 is 1.69 bits per heavy atom. The second-order valence-electron chi connectivity index (χ2n) is 3.68. The van der Waals surface area contributed by atoms with Crippen molar-refractivity contribution in [1.82, 2.24) is 0 Å². The summed E-state index contributed by atoms with van der Waals surface area (Å²) < 4.78 is 10.0. The highest BCUT2D eigenvalue weighted by Crippen LogP contribution is 2.14. The predicted octanol–water partition coefficient (Wildman–Crippen LogP) is 3.51. The van der Waals surface area contributed by atoms with E-state index in [4.69, 9.17) is 32.5 Å². The number of alkyl halides is 2. The van der Waals surface area contributed by atoms with Crippen LogP contribution in [0.1, 0.15) is 52.4 Å². The molecule has 0 radical (unpaired) electrons. The van der Waals surface area contributed by atoms with Crippen LogP contribution in [0.25, 0.3) is 0 Å². The van der Waals surface area contributed by atoms with Gasteiger partial charge in [-0.2, -0.15) is 0 Å². The number of halogens is 2. The first kappa shape index (κ1) is 16.5. The van der Waals surface area contributed by atoms with Gasteiger partial charge in [0.05, 0.1) is 0 Å². The summed E-state index contributed by atoms with van der Waals surface area (Å²) in [7, 11) is -1.33. The summed E-state index contributed by atoms with van der Waals surface area (Å²) in [6, 6.07) is 0. The molecule has 0 heterocycles. The van der Waals surface area contributed by atoms with Crippen molar-refractivity contribution < 1.29 is 14.3 Å². The number of unbranched alkanes of at least 4 members (excludes halogenated alkanes) is 2. The van der Waals surface area contributed by atoms with Gasteiger partial charge in [0.25, 0.3) is 0 Å². The fraction of sp³-hybridized carbons (Fsp3) is 1.00. The van der Waals surface area contributed by atoms with Gasteiger partial charge >= 0.3 is 7.32 Å². The van der Waals surface area contributed by atoms with Crippen LogP contribution in [-0.2, 0) is 9.31 Å². The number of hydrogen-bond donors (Lipinski definition) is 1. The van der Waals surface area contributed by atoms with Crippen molar-refractivity contribution in [3.63, 3.8) is 0 Å². The van der Waals surface area contributed by atoms with Gasteiger partial charge in [0.2, 0.25) is 0 Å². The van der Waals surface area contributed by atoms with Gasteiger partial charge in [-0.3, -0.25) is 0 Å². The van der Waals surface area contributed by atoms with Gasteiger partial charge in [-0.05, 0) is 25.7 Å². The highest BCUT2D eigenvalue weighted by Gasteiger charge is 2.23. The van der Waals surface area contributed by atoms with Crippen molar-refractivity contribution in [3.8, 4) is 0 Å². The monoisotopic (exact) mass is 270 g/mol. The molecular weight excluding hydrogens is 250 g/mol. The average molecular weight is 271 g/mol. The van der Waals surface area contributed by atoms with E-state index in [1.165, 1.54) is 0 Å². The van der Waals surface area contributed by atoms with Crippen molar-refractivity contribution in [3.05, 3.63) is 0 Å². The Morgan fingerprint density at radius 1 is 1.00 bits per heavy atom. The maximum Gasteiger partial charge on any atom is 0.638 e. The van der Waals surface area contributed by atoms with E-state index in [9.17, 15) is 5.02 Å². The molecule has 0 aromatic rings. The van der Waals surface area contributed by atoms with Gasteiger partial charge < -0.3 is 14.3 Å². The van der Waals surface area contributed by atoms with Crippen molar-refractivity contribution in [2.24, 2.45) is 0 Å². The van der Waals surface area contributed by atoms with Gasteiger partial charge in [0.1, 0.15) is 11.1 Å². The molecule has 0 aliphatic rings. The summed E-state index contributed by atoms with van der Waals surface area (Å²) in [5.41, 5.74) is -1.05. The van der Waals surface area contributed by atoms with Crippen LogP contribution in [-0.4, -0.2) is 23.5 Å². The Kier molecular flexibility index (Phi) is 11.0. The van der Waals surface area contributed by atoms with Crippen LogP contribution in [0, 0.1) is 0 Å². The van der Waals surface area contributed by atoms with E-state index in [2.05, 4.69) is 13.8 Å². The van der Waals surface area contributed by atoms with Crippen LogP contribution >= 0.6 is 23.2 Å². The first-order valence-corrected chi connectivity index (χ1v) is 6.74. The van der Waals surface area contributed by atoms with Crippen LogP contribution in [0.15, 0.2) is 0 Å². The van der Waals surface area contributed by atoms with Crippen molar-refractivity contribution in [2.45, 2.75) is 63.5 Å². The van der Waals surface area contributed by atoms with Crippen LogP contribution < -0.4 is 0 Å². The summed E-state index contributed by atoms with van der Waals surface area (Å²) in [5.74, 6) is 0. The Hall–Kier alpha value is 0.525. The Bertz CT molecular complexity index is 147. The van der Waals surface area contributed by atoms with E-state index in [0.717, 1.165) is 25.7 Å². The first-order valence-electron chi connectivity index (χ1n) is 5.87. The molecular formula is C10H21BCl2O3. The van der Waals surface area contributed by atoms with E-state index in [0.29, 0.717) is 12.8 Å². The molecule has 0 spiro atoms. The predicted molar refractivity (Wildman–Crippen MR) is 68.5 cm³/mol. The standard InChI is InChI=1S/C10H21BCl2O3/c1-3-5-7-9(12)15-11(14)16-10(13)8-6-4-2/h9-10,14H,3-8H2,1-2H3. The highest BCUT2D eigenvalue weighted by molar-refractivity contribution is 6.37. The van der Waals surface area contributed by atoms with E-state index >= 15 is 0 Å². The van der Waals surface area contributed by atoms with Gasteiger partial charge in [-0.15, -0.1) is 0 Å². The van der Waals surface area contributed by atoms with Crippen LogP contribution in [0.3, 0.4) is 0 Å². The van der Waals surface area contributed by atoms with Crippen molar-refractivity contribution in [1.29, 1.82) is 0 Å². The largest absolute Gasteiger partial charge is 0.638 e. The number of rotatable bonds is 10. The molecule has 2 unspecified atom stereocenters. The molecule has 0 aromatic heterocycles. The van der Waals surface area contributed by atoms with E-state index < -0.39 is 18.4 Å². The van der Waals surface area contributed by atoms with E-state index in [-0.39, 0.29) is 0 Å². The molecule has 0 bridgehead atoms. The summed E-state index contributed by atoms with van der Waals surface area (Å²) >= 11 is 11.7. The van der Waals surface area contributed by atoms with E-state index in [1.54, 1.807) is 0 Å². The molecule has 96 valence electrons. The summed E-state index contributed by atoms with van der Waals surface area (Å²) in [6.07, 6.45) is 5.39. The second kappa shape index (κ2) is 10.7. The molecule has 2 atom stereocenters. The molecule has 0 rings (SSSR count). The van der Waals surface area contributed by atoms with Gasteiger partial charge in [0, 0.05) is 0 Å². The Morgan fingerprint density at radius 2 is 1.38 bits per heavy atom. The summed E-state index contributed by atoms with van der Waals surface area (Å²) in [6.45, 7) is 4.13. The molecule has 16 heavy (non-hydrogen) atoms. The van der Waals surface area contributed by atoms with Crippen molar-refractivity contribution in [2.75, 3.05) is 0 Å². The molecule has 0 saturated heterocycles. The molecule has 0 amide bonds. The minimum atomic E-state index is -1.33. The molecule has 0 aliphatic heterocycles. The maximum absolute atomic E-state index is 9.38. The molecule has 0 aromatic carbocycles. The first-order chi connectivity index (χ1) is 7.60. The lowest BCUT2D eigenvalue weighted by atomic mass is 10.2. The fourth-order valence-electron chi connectivity index (χ4n) is 1.15. The van der Waals surface area contributed by atoms with Gasteiger partial charge in [-0.25, -0.2) is 0 Å². The zero-order chi connectivity index (χ0) is 12.4. The maximum atomic E-state index is 9.38. The Labute approximate surface area is 109 Å². The normalized spacial score (nSPS) is 14.8. The zero-order valence-electron chi connectivity index (χ0n) is 9.99. The zero-order valence-corrected chi connectivity index (χ0v) is 11.5. The molecule has 1 N–H and O–H groups in total. The van der Waals surface area contributed by atoms with Crippen LogP contribution in [0.4, 0.5) is 0 Å². The fourth-order valence-corrected chi connectivity index (χ4v) is 1.63. The second-order valence-corrected chi connectivity index (χ2v) is 4.66. The third kappa shape index (κ3) is 9.73. The molecule has 3 nitrogen and oxygen atoms in total. The SMILES string of the molecule is CCCCC(Cl)OB(O)OC(Cl)CCCC. The lowest BCUT2D eigenvalue weighted by Gasteiger charge is -2.16. The molecule has 0 fully saturated rings. The summed E-state index contributed by atoms with van der Waals surface area (Å²) in [4.78, 5) is 0.